The van der Waals surface area contributed by atoms with Crippen LogP contribution in [0.15, 0.2) is 0 Å². The largest absolute Gasteiger partial charge is 0.382 e. The zero-order chi connectivity index (χ0) is 13.0. The minimum Gasteiger partial charge on any atom is -0.382 e. The third kappa shape index (κ3) is 3.33. The molecule has 1 rings (SSSR count). The third-order valence-electron chi connectivity index (χ3n) is 2.69. The van der Waals surface area contributed by atoms with Crippen LogP contribution in [0, 0.1) is 5.92 Å². The van der Waals surface area contributed by atoms with Gasteiger partial charge in [-0.05, 0) is 5.92 Å². The smallest absolute Gasteiger partial charge is 0.267 e. The molecule has 0 spiro atoms. The summed E-state index contributed by atoms with van der Waals surface area (Å²) in [6.45, 7) is 4.98. The summed E-state index contributed by atoms with van der Waals surface area (Å²) in [6, 6.07) is 0. The van der Waals surface area contributed by atoms with E-state index in [0.29, 0.717) is 21.7 Å². The number of amides is 1. The molecule has 6 heteroatoms. The second-order valence-corrected chi connectivity index (χ2v) is 5.18. The number of anilines is 2. The summed E-state index contributed by atoms with van der Waals surface area (Å²) in [7, 11) is 3.56. The van der Waals surface area contributed by atoms with E-state index in [4.69, 9.17) is 5.73 Å². The molecule has 0 radical (unpaired) electrons. The molecule has 1 atom stereocenters. The molecule has 0 bridgehead atoms. The molecule has 0 fully saturated rings. The van der Waals surface area contributed by atoms with Crippen LogP contribution in [0.5, 0.6) is 0 Å². The summed E-state index contributed by atoms with van der Waals surface area (Å²) in [5.41, 5.74) is 5.73. The van der Waals surface area contributed by atoms with Crippen molar-refractivity contribution in [2.75, 3.05) is 31.7 Å². The van der Waals surface area contributed by atoms with Gasteiger partial charge in [-0.3, -0.25) is 4.79 Å². The zero-order valence-electron chi connectivity index (χ0n) is 10.8. The number of nitrogens with zero attached hydrogens (tertiary/aromatic N) is 2. The highest BCUT2D eigenvalue weighted by Gasteiger charge is 2.20. The molecular weight excluding hydrogens is 236 g/mol. The van der Waals surface area contributed by atoms with Crippen molar-refractivity contribution in [2.24, 2.45) is 5.92 Å². The third-order valence-corrected chi connectivity index (χ3v) is 3.77. The van der Waals surface area contributed by atoms with E-state index < -0.39 is 0 Å². The van der Waals surface area contributed by atoms with Gasteiger partial charge in [-0.15, -0.1) is 0 Å². The standard InChI is InChI=1S/C11H20N4OS/c1-5-7(2)6-15(4)10(16)8-9(12)14-11(13-3)17-8/h7H,5-6,12H2,1-4H3,(H,13,14). The van der Waals surface area contributed by atoms with Gasteiger partial charge in [-0.1, -0.05) is 31.6 Å². The Hall–Kier alpha value is -1.30. The predicted molar refractivity (Wildman–Crippen MR) is 72.5 cm³/mol. The SMILES string of the molecule is CCC(C)CN(C)C(=O)c1sc(NC)nc1N. The normalized spacial score (nSPS) is 12.2. The predicted octanol–water partition coefficient (Wildman–Crippen LogP) is 1.89. The minimum absolute atomic E-state index is 0.0539. The van der Waals surface area contributed by atoms with Crippen LogP contribution in [0.1, 0.15) is 29.9 Å². The van der Waals surface area contributed by atoms with E-state index in [1.807, 2.05) is 0 Å². The van der Waals surface area contributed by atoms with E-state index in [1.54, 1.807) is 19.0 Å². The molecule has 0 aromatic carbocycles. The molecule has 0 saturated heterocycles. The van der Waals surface area contributed by atoms with Crippen molar-refractivity contribution in [3.8, 4) is 0 Å². The number of nitrogen functional groups attached to an aromatic ring is 1. The molecule has 17 heavy (non-hydrogen) atoms. The quantitative estimate of drug-likeness (QED) is 0.844. The maximum absolute atomic E-state index is 12.1. The Morgan fingerprint density at radius 1 is 1.65 bits per heavy atom. The lowest BCUT2D eigenvalue weighted by Gasteiger charge is -2.20. The van der Waals surface area contributed by atoms with E-state index in [-0.39, 0.29) is 5.91 Å². The summed E-state index contributed by atoms with van der Waals surface area (Å²) in [4.78, 5) is 18.4. The fourth-order valence-electron chi connectivity index (χ4n) is 1.44. The lowest BCUT2D eigenvalue weighted by atomic mass is 10.1. The first kappa shape index (κ1) is 13.8. The first-order valence-corrected chi connectivity index (χ1v) is 6.50. The second-order valence-electron chi connectivity index (χ2n) is 4.18. The van der Waals surface area contributed by atoms with Crippen molar-refractivity contribution < 1.29 is 4.79 Å². The molecule has 0 aliphatic carbocycles. The maximum atomic E-state index is 12.1. The highest BCUT2D eigenvalue weighted by atomic mass is 32.1. The maximum Gasteiger partial charge on any atom is 0.267 e. The summed E-state index contributed by atoms with van der Waals surface area (Å²) in [5, 5.41) is 3.56. The lowest BCUT2D eigenvalue weighted by Crippen LogP contribution is -2.30. The Labute approximate surface area is 106 Å². The first-order chi connectivity index (χ1) is 7.99. The highest BCUT2D eigenvalue weighted by molar-refractivity contribution is 7.18. The second kappa shape index (κ2) is 5.86. The van der Waals surface area contributed by atoms with Gasteiger partial charge in [0.05, 0.1) is 0 Å². The van der Waals surface area contributed by atoms with Crippen molar-refractivity contribution >= 4 is 28.2 Å². The van der Waals surface area contributed by atoms with Crippen LogP contribution in [-0.4, -0.2) is 36.4 Å². The van der Waals surface area contributed by atoms with Crippen LogP contribution in [0.2, 0.25) is 0 Å². The van der Waals surface area contributed by atoms with E-state index in [1.165, 1.54) is 11.3 Å². The molecule has 1 unspecified atom stereocenters. The monoisotopic (exact) mass is 256 g/mol. The fourth-order valence-corrected chi connectivity index (χ4v) is 2.28. The Kier molecular flexibility index (Phi) is 4.74. The molecule has 96 valence electrons. The molecule has 0 aliphatic rings. The number of aromatic nitrogens is 1. The molecule has 3 N–H and O–H groups in total. The van der Waals surface area contributed by atoms with Crippen molar-refractivity contribution in [3.63, 3.8) is 0 Å². The summed E-state index contributed by atoms with van der Waals surface area (Å²) in [5.74, 6) is 0.740. The van der Waals surface area contributed by atoms with Crippen LogP contribution in [0.3, 0.4) is 0 Å². The van der Waals surface area contributed by atoms with E-state index >= 15 is 0 Å². The van der Waals surface area contributed by atoms with Crippen LogP contribution in [0.25, 0.3) is 0 Å². The van der Waals surface area contributed by atoms with Gasteiger partial charge in [-0.2, -0.15) is 0 Å². The van der Waals surface area contributed by atoms with E-state index in [9.17, 15) is 4.79 Å². The minimum atomic E-state index is -0.0539. The molecule has 1 aromatic rings. The number of nitrogens with one attached hydrogen (secondary N) is 1. The van der Waals surface area contributed by atoms with Gasteiger partial charge in [-0.25, -0.2) is 4.98 Å². The van der Waals surface area contributed by atoms with Gasteiger partial charge in [0.25, 0.3) is 5.91 Å². The van der Waals surface area contributed by atoms with Crippen LogP contribution >= 0.6 is 11.3 Å². The van der Waals surface area contributed by atoms with Gasteiger partial charge >= 0.3 is 0 Å². The highest BCUT2D eigenvalue weighted by Crippen LogP contribution is 2.25. The summed E-state index contributed by atoms with van der Waals surface area (Å²) in [6.07, 6.45) is 1.05. The van der Waals surface area contributed by atoms with Crippen molar-refractivity contribution in [1.82, 2.24) is 9.88 Å². The fraction of sp³-hybridized carbons (Fsp3) is 0.636. The molecule has 1 heterocycles. The average molecular weight is 256 g/mol. The number of hydrogen-bond donors (Lipinski definition) is 2. The van der Waals surface area contributed by atoms with Gasteiger partial charge in [0, 0.05) is 20.6 Å². The Morgan fingerprint density at radius 2 is 2.29 bits per heavy atom. The molecule has 0 aliphatic heterocycles. The van der Waals surface area contributed by atoms with Gasteiger partial charge in [0.2, 0.25) is 0 Å². The number of carbonyl (C=O) groups excluding carboxylic acids is 1. The van der Waals surface area contributed by atoms with Gasteiger partial charge < -0.3 is 16.0 Å². The number of carbonyl (C=O) groups is 1. The van der Waals surface area contributed by atoms with Crippen molar-refractivity contribution in [3.05, 3.63) is 4.88 Å². The van der Waals surface area contributed by atoms with Gasteiger partial charge in [0.1, 0.15) is 10.7 Å². The Bertz CT molecular complexity index is 391. The number of hydrogen-bond acceptors (Lipinski definition) is 5. The van der Waals surface area contributed by atoms with E-state index in [2.05, 4.69) is 24.1 Å². The Balaban J connectivity index is 2.77. The van der Waals surface area contributed by atoms with Crippen LogP contribution in [0.4, 0.5) is 10.9 Å². The molecule has 0 saturated carbocycles. The molecule has 5 nitrogen and oxygen atoms in total. The van der Waals surface area contributed by atoms with Crippen LogP contribution in [-0.2, 0) is 0 Å². The van der Waals surface area contributed by atoms with Crippen molar-refractivity contribution in [2.45, 2.75) is 20.3 Å². The zero-order valence-corrected chi connectivity index (χ0v) is 11.6. The van der Waals surface area contributed by atoms with E-state index in [0.717, 1.165) is 13.0 Å². The number of thiazole rings is 1. The first-order valence-electron chi connectivity index (χ1n) is 5.69. The molecular formula is C11H20N4OS. The summed E-state index contributed by atoms with van der Waals surface area (Å²) >= 11 is 1.29. The van der Waals surface area contributed by atoms with Gasteiger partial charge in [0.15, 0.2) is 5.13 Å². The number of rotatable bonds is 5. The topological polar surface area (TPSA) is 71.2 Å². The van der Waals surface area contributed by atoms with Crippen molar-refractivity contribution in [1.29, 1.82) is 0 Å². The lowest BCUT2D eigenvalue weighted by molar-refractivity contribution is 0.0780. The summed E-state index contributed by atoms with van der Waals surface area (Å²) < 4.78 is 0. The van der Waals surface area contributed by atoms with Crippen LogP contribution < -0.4 is 11.1 Å². The number of nitrogens with two attached hydrogens (primary N) is 1. The molecule has 1 aromatic heterocycles. The molecule has 1 amide bonds. The average Bonchev–Trinajstić information content (AvgIpc) is 2.69. The Morgan fingerprint density at radius 3 is 2.76 bits per heavy atom.